The summed E-state index contributed by atoms with van der Waals surface area (Å²) in [5.41, 5.74) is 3.26. The number of benzene rings is 1. The molecule has 0 unspecified atom stereocenters. The van der Waals surface area contributed by atoms with E-state index in [4.69, 9.17) is 0 Å². The molecule has 1 saturated heterocycles. The summed E-state index contributed by atoms with van der Waals surface area (Å²) in [6.45, 7) is 7.36. The van der Waals surface area contributed by atoms with Crippen molar-refractivity contribution in [2.24, 2.45) is 11.8 Å². The Morgan fingerprint density at radius 2 is 1.81 bits per heavy atom. The van der Waals surface area contributed by atoms with E-state index < -0.39 is 0 Å². The van der Waals surface area contributed by atoms with Gasteiger partial charge >= 0.3 is 0 Å². The highest BCUT2D eigenvalue weighted by molar-refractivity contribution is 5.29. The molecule has 0 N–H and O–H groups in total. The first kappa shape index (κ1) is 15.1. The summed E-state index contributed by atoms with van der Waals surface area (Å²) in [5, 5.41) is 0. The minimum atomic E-state index is 0.807. The zero-order valence-corrected chi connectivity index (χ0v) is 13.9. The highest BCUT2D eigenvalue weighted by Crippen LogP contribution is 2.32. The predicted molar refractivity (Wildman–Crippen MR) is 90.6 cm³/mol. The van der Waals surface area contributed by atoms with Crippen molar-refractivity contribution in [3.63, 3.8) is 0 Å². The SMILES string of the molecule is CC(C)CCCCN1C[C@@H]2CC[C@H]1Cc1ccccc1C2. The third-order valence-corrected chi connectivity index (χ3v) is 5.48. The number of nitrogens with zero attached hydrogens (tertiary/aromatic N) is 1. The molecule has 0 spiro atoms. The Morgan fingerprint density at radius 3 is 2.57 bits per heavy atom. The van der Waals surface area contributed by atoms with Crippen LogP contribution in [0, 0.1) is 11.8 Å². The molecule has 1 aromatic carbocycles. The summed E-state index contributed by atoms with van der Waals surface area (Å²) in [6.07, 6.45) is 9.65. The van der Waals surface area contributed by atoms with E-state index in [0.717, 1.165) is 17.9 Å². The second-order valence-corrected chi connectivity index (χ2v) is 7.66. The molecule has 0 saturated carbocycles. The Balaban J connectivity index is 1.61. The van der Waals surface area contributed by atoms with E-state index in [1.165, 1.54) is 58.0 Å². The molecule has 116 valence electrons. The van der Waals surface area contributed by atoms with Crippen molar-refractivity contribution in [3.8, 4) is 0 Å². The van der Waals surface area contributed by atoms with Crippen LogP contribution in [0.4, 0.5) is 0 Å². The van der Waals surface area contributed by atoms with Gasteiger partial charge < -0.3 is 0 Å². The normalized spacial score (nSPS) is 25.7. The van der Waals surface area contributed by atoms with E-state index in [2.05, 4.69) is 43.0 Å². The molecule has 2 atom stereocenters. The van der Waals surface area contributed by atoms with E-state index in [-0.39, 0.29) is 0 Å². The van der Waals surface area contributed by atoms with E-state index in [9.17, 15) is 0 Å². The topological polar surface area (TPSA) is 3.24 Å². The number of unbranched alkanes of at least 4 members (excludes halogenated alkanes) is 1. The summed E-state index contributed by atoms with van der Waals surface area (Å²) in [5.74, 6) is 1.76. The maximum Gasteiger partial charge on any atom is 0.0136 e. The van der Waals surface area contributed by atoms with Gasteiger partial charge in [0.2, 0.25) is 0 Å². The molecule has 4 rings (SSSR count). The molecule has 0 radical (unpaired) electrons. The number of fused-ring (bicyclic) bond motifs is 2. The molecule has 2 heterocycles. The molecule has 1 fully saturated rings. The maximum absolute atomic E-state index is 2.82. The molecule has 21 heavy (non-hydrogen) atoms. The zero-order valence-electron chi connectivity index (χ0n) is 13.9. The van der Waals surface area contributed by atoms with Gasteiger partial charge in [-0.05, 0) is 61.6 Å². The molecule has 2 aliphatic heterocycles. The lowest BCUT2D eigenvalue weighted by Gasteiger charge is -2.42. The Bertz CT molecular complexity index is 451. The monoisotopic (exact) mass is 285 g/mol. The molecule has 0 amide bonds. The molecule has 0 aromatic heterocycles. The molecular weight excluding hydrogens is 254 g/mol. The second kappa shape index (κ2) is 6.96. The van der Waals surface area contributed by atoms with Crippen molar-refractivity contribution in [1.29, 1.82) is 0 Å². The molecule has 3 aliphatic rings. The highest BCUT2D eigenvalue weighted by Gasteiger charge is 2.31. The number of rotatable bonds is 5. The van der Waals surface area contributed by atoms with Gasteiger partial charge in [0.25, 0.3) is 0 Å². The summed E-state index contributed by atoms with van der Waals surface area (Å²) in [6, 6.07) is 9.98. The second-order valence-electron chi connectivity index (χ2n) is 7.66. The van der Waals surface area contributed by atoms with Crippen molar-refractivity contribution < 1.29 is 0 Å². The van der Waals surface area contributed by atoms with Crippen LogP contribution in [0.15, 0.2) is 24.3 Å². The molecule has 1 nitrogen and oxygen atoms in total. The standard InChI is InChI=1S/C20H31N/c1-16(2)7-5-6-12-21-15-17-10-11-20(21)14-19-9-4-3-8-18(19)13-17/h3-4,8-9,16-17,20H,5-7,10-15H2,1-2H3/t17-,20+/m1/s1. The highest BCUT2D eigenvalue weighted by atomic mass is 15.2. The molecule has 1 aliphatic carbocycles. The number of hydrogen-bond acceptors (Lipinski definition) is 1. The van der Waals surface area contributed by atoms with Crippen LogP contribution in [0.3, 0.4) is 0 Å². The van der Waals surface area contributed by atoms with Gasteiger partial charge in [-0.25, -0.2) is 0 Å². The quantitative estimate of drug-likeness (QED) is 0.709. The van der Waals surface area contributed by atoms with Gasteiger partial charge in [0, 0.05) is 12.6 Å². The molecule has 1 heteroatoms. The van der Waals surface area contributed by atoms with Crippen molar-refractivity contribution >= 4 is 0 Å². The van der Waals surface area contributed by atoms with Gasteiger partial charge in [0.1, 0.15) is 0 Å². The summed E-state index contributed by atoms with van der Waals surface area (Å²) in [4.78, 5) is 2.82. The van der Waals surface area contributed by atoms with Gasteiger partial charge in [0.05, 0.1) is 0 Å². The van der Waals surface area contributed by atoms with Crippen LogP contribution >= 0.6 is 0 Å². The first-order chi connectivity index (χ1) is 10.2. The van der Waals surface area contributed by atoms with Crippen molar-refractivity contribution in [1.82, 2.24) is 4.90 Å². The first-order valence-electron chi connectivity index (χ1n) is 9.03. The van der Waals surface area contributed by atoms with E-state index in [1.54, 1.807) is 11.1 Å². The maximum atomic E-state index is 2.82. The minimum Gasteiger partial charge on any atom is -0.300 e. The van der Waals surface area contributed by atoms with Crippen molar-refractivity contribution in [3.05, 3.63) is 35.4 Å². The molecule has 1 aromatic rings. The predicted octanol–water partition coefficient (Wildman–Crippen LogP) is 4.69. The number of piperidine rings is 1. The molecule has 2 bridgehead atoms. The lowest BCUT2D eigenvalue weighted by atomic mass is 9.80. The van der Waals surface area contributed by atoms with Crippen molar-refractivity contribution in [2.45, 2.75) is 64.8 Å². The largest absolute Gasteiger partial charge is 0.300 e. The van der Waals surface area contributed by atoms with Crippen LogP contribution in [0.1, 0.15) is 57.1 Å². The lowest BCUT2D eigenvalue weighted by molar-refractivity contribution is 0.0987. The Labute approximate surface area is 130 Å². The molecular formula is C20H31N. The van der Waals surface area contributed by atoms with Gasteiger partial charge in [-0.3, -0.25) is 4.90 Å². The smallest absolute Gasteiger partial charge is 0.0136 e. The average molecular weight is 285 g/mol. The van der Waals surface area contributed by atoms with E-state index >= 15 is 0 Å². The first-order valence-corrected chi connectivity index (χ1v) is 9.03. The Kier molecular flexibility index (Phi) is 5.00. The van der Waals surface area contributed by atoms with Crippen LogP contribution < -0.4 is 0 Å². The Hall–Kier alpha value is -0.820. The lowest BCUT2D eigenvalue weighted by Crippen LogP contribution is -2.46. The summed E-state index contributed by atoms with van der Waals surface area (Å²) >= 11 is 0. The van der Waals surface area contributed by atoms with E-state index in [1.807, 2.05) is 0 Å². The van der Waals surface area contributed by atoms with Gasteiger partial charge in [0.15, 0.2) is 0 Å². The fourth-order valence-corrected chi connectivity index (χ4v) is 4.24. The van der Waals surface area contributed by atoms with Crippen LogP contribution in [0.25, 0.3) is 0 Å². The fourth-order valence-electron chi connectivity index (χ4n) is 4.24. The third kappa shape index (κ3) is 3.88. The van der Waals surface area contributed by atoms with Gasteiger partial charge in [-0.2, -0.15) is 0 Å². The van der Waals surface area contributed by atoms with Gasteiger partial charge in [-0.15, -0.1) is 0 Å². The fraction of sp³-hybridized carbons (Fsp3) is 0.700. The zero-order chi connectivity index (χ0) is 14.7. The van der Waals surface area contributed by atoms with Gasteiger partial charge in [-0.1, -0.05) is 51.0 Å². The average Bonchev–Trinajstić information content (AvgIpc) is 2.44. The Morgan fingerprint density at radius 1 is 1.05 bits per heavy atom. The van der Waals surface area contributed by atoms with E-state index in [0.29, 0.717) is 0 Å². The van der Waals surface area contributed by atoms with Crippen LogP contribution in [0.5, 0.6) is 0 Å². The number of hydrogen-bond donors (Lipinski definition) is 0. The third-order valence-electron chi connectivity index (χ3n) is 5.48. The van der Waals surface area contributed by atoms with Crippen LogP contribution in [-0.4, -0.2) is 24.0 Å². The summed E-state index contributed by atoms with van der Waals surface area (Å²) < 4.78 is 0. The van der Waals surface area contributed by atoms with Crippen LogP contribution in [0.2, 0.25) is 0 Å². The van der Waals surface area contributed by atoms with Crippen molar-refractivity contribution in [2.75, 3.05) is 13.1 Å². The minimum absolute atomic E-state index is 0.807. The summed E-state index contributed by atoms with van der Waals surface area (Å²) in [7, 11) is 0. The van der Waals surface area contributed by atoms with Crippen LogP contribution in [-0.2, 0) is 12.8 Å².